The van der Waals surface area contributed by atoms with Crippen molar-refractivity contribution in [3.63, 3.8) is 0 Å². The highest BCUT2D eigenvalue weighted by atomic mass is 19.1. The Hall–Kier alpha value is -3.19. The quantitative estimate of drug-likeness (QED) is 0.574. The number of hydrogen-bond donors (Lipinski definition) is 1. The van der Waals surface area contributed by atoms with E-state index in [2.05, 4.69) is 15.3 Å². The van der Waals surface area contributed by atoms with Crippen molar-refractivity contribution in [1.82, 2.24) is 20.0 Å². The maximum atomic E-state index is 13.4. The van der Waals surface area contributed by atoms with Gasteiger partial charge in [0.2, 0.25) is 0 Å². The molecule has 162 valence electrons. The fourth-order valence-corrected chi connectivity index (χ4v) is 3.67. The SMILES string of the molecule is O=C(NCCc1ccc(OCCN2CCCC2)cc1)c1ccn(-c2cccc(F)c2)n1. The second-order valence-electron chi connectivity index (χ2n) is 7.67. The summed E-state index contributed by atoms with van der Waals surface area (Å²) >= 11 is 0. The van der Waals surface area contributed by atoms with Crippen LogP contribution in [0, 0.1) is 5.82 Å². The molecule has 0 unspecified atom stereocenters. The van der Waals surface area contributed by atoms with Crippen LogP contribution in [-0.4, -0.2) is 53.4 Å². The van der Waals surface area contributed by atoms with E-state index in [1.165, 1.54) is 42.7 Å². The van der Waals surface area contributed by atoms with Crippen LogP contribution in [0.5, 0.6) is 5.75 Å². The number of hydrogen-bond acceptors (Lipinski definition) is 4. The average molecular weight is 423 g/mol. The maximum absolute atomic E-state index is 13.4. The summed E-state index contributed by atoms with van der Waals surface area (Å²) in [5, 5.41) is 7.11. The lowest BCUT2D eigenvalue weighted by atomic mass is 10.1. The van der Waals surface area contributed by atoms with E-state index < -0.39 is 0 Å². The molecule has 1 aliphatic heterocycles. The van der Waals surface area contributed by atoms with Crippen molar-refractivity contribution in [2.45, 2.75) is 19.3 Å². The summed E-state index contributed by atoms with van der Waals surface area (Å²) < 4.78 is 20.7. The number of nitrogens with zero attached hydrogens (tertiary/aromatic N) is 3. The standard InChI is InChI=1S/C24H27FN4O2/c25-20-4-3-5-21(18-20)29-15-11-23(27-29)24(30)26-12-10-19-6-8-22(9-7-19)31-17-16-28-13-1-2-14-28/h3-9,11,15,18H,1-2,10,12-14,16-17H2,(H,26,30). The fraction of sp³-hybridized carbons (Fsp3) is 0.333. The first-order valence-corrected chi connectivity index (χ1v) is 10.7. The molecular formula is C24H27FN4O2. The van der Waals surface area contributed by atoms with Gasteiger partial charge in [0, 0.05) is 19.3 Å². The number of carbonyl (C=O) groups is 1. The number of carbonyl (C=O) groups excluding carboxylic acids is 1. The zero-order valence-corrected chi connectivity index (χ0v) is 17.5. The Bertz CT molecular complexity index is 997. The van der Waals surface area contributed by atoms with Crippen LogP contribution in [0.1, 0.15) is 28.9 Å². The molecule has 2 aromatic carbocycles. The Balaban J connectivity index is 1.20. The molecule has 0 aliphatic carbocycles. The smallest absolute Gasteiger partial charge is 0.271 e. The van der Waals surface area contributed by atoms with Crippen LogP contribution >= 0.6 is 0 Å². The number of likely N-dealkylation sites (tertiary alicyclic amines) is 1. The zero-order valence-electron chi connectivity index (χ0n) is 17.5. The number of nitrogens with one attached hydrogen (secondary N) is 1. The average Bonchev–Trinajstić information content (AvgIpc) is 3.47. The van der Waals surface area contributed by atoms with Crippen LogP contribution in [0.25, 0.3) is 5.69 Å². The third-order valence-corrected chi connectivity index (χ3v) is 5.39. The minimum Gasteiger partial charge on any atom is -0.492 e. The molecule has 0 atom stereocenters. The van der Waals surface area contributed by atoms with Crippen molar-refractivity contribution in [3.8, 4) is 11.4 Å². The summed E-state index contributed by atoms with van der Waals surface area (Å²) in [4.78, 5) is 14.8. The lowest BCUT2D eigenvalue weighted by Gasteiger charge is -2.15. The van der Waals surface area contributed by atoms with Crippen LogP contribution in [-0.2, 0) is 6.42 Å². The molecule has 1 aromatic heterocycles. The van der Waals surface area contributed by atoms with Crippen LogP contribution in [0.3, 0.4) is 0 Å². The van der Waals surface area contributed by atoms with Gasteiger partial charge >= 0.3 is 0 Å². The van der Waals surface area contributed by atoms with Gasteiger partial charge in [0.1, 0.15) is 18.2 Å². The molecule has 0 radical (unpaired) electrons. The highest BCUT2D eigenvalue weighted by Gasteiger charge is 2.11. The number of rotatable bonds is 9. The van der Waals surface area contributed by atoms with E-state index in [1.54, 1.807) is 24.4 Å². The number of amides is 1. The van der Waals surface area contributed by atoms with E-state index in [0.717, 1.165) is 17.9 Å². The number of aromatic nitrogens is 2. The molecule has 0 saturated carbocycles. The molecule has 1 N–H and O–H groups in total. The lowest BCUT2D eigenvalue weighted by Crippen LogP contribution is -2.26. The molecular weight excluding hydrogens is 395 g/mol. The molecule has 2 heterocycles. The Morgan fingerprint density at radius 1 is 1.10 bits per heavy atom. The summed E-state index contributed by atoms with van der Waals surface area (Å²) in [7, 11) is 0. The molecule has 1 saturated heterocycles. The minimum atomic E-state index is -0.345. The van der Waals surface area contributed by atoms with Crippen LogP contribution in [0.2, 0.25) is 0 Å². The summed E-state index contributed by atoms with van der Waals surface area (Å²) in [5.41, 5.74) is 1.99. The summed E-state index contributed by atoms with van der Waals surface area (Å²) in [6.45, 7) is 4.54. The Morgan fingerprint density at radius 3 is 2.68 bits per heavy atom. The first-order valence-electron chi connectivity index (χ1n) is 10.7. The van der Waals surface area contributed by atoms with E-state index >= 15 is 0 Å². The summed E-state index contributed by atoms with van der Waals surface area (Å²) in [5.74, 6) is 0.272. The van der Waals surface area contributed by atoms with E-state index in [0.29, 0.717) is 31.0 Å². The third kappa shape index (κ3) is 5.92. The van der Waals surface area contributed by atoms with Crippen LogP contribution in [0.15, 0.2) is 60.8 Å². The lowest BCUT2D eigenvalue weighted by molar-refractivity contribution is 0.0948. The van der Waals surface area contributed by atoms with Gasteiger partial charge in [0.25, 0.3) is 5.91 Å². The van der Waals surface area contributed by atoms with Crippen molar-refractivity contribution in [3.05, 3.63) is 77.9 Å². The molecule has 3 aromatic rings. The molecule has 7 heteroatoms. The maximum Gasteiger partial charge on any atom is 0.271 e. The van der Waals surface area contributed by atoms with Gasteiger partial charge in [-0.1, -0.05) is 18.2 Å². The molecule has 1 fully saturated rings. The monoisotopic (exact) mass is 422 g/mol. The highest BCUT2D eigenvalue weighted by molar-refractivity contribution is 5.92. The Labute approximate surface area is 181 Å². The van der Waals surface area contributed by atoms with Gasteiger partial charge in [0.05, 0.1) is 5.69 Å². The summed E-state index contributed by atoms with van der Waals surface area (Å²) in [6.07, 6.45) is 4.94. The first-order chi connectivity index (χ1) is 15.2. The van der Waals surface area contributed by atoms with Crippen LogP contribution < -0.4 is 10.1 Å². The molecule has 4 rings (SSSR count). The highest BCUT2D eigenvalue weighted by Crippen LogP contribution is 2.14. The molecule has 6 nitrogen and oxygen atoms in total. The number of benzene rings is 2. The van der Waals surface area contributed by atoms with Crippen molar-refractivity contribution in [2.75, 3.05) is 32.8 Å². The minimum absolute atomic E-state index is 0.253. The molecule has 0 bridgehead atoms. The topological polar surface area (TPSA) is 59.4 Å². The van der Waals surface area contributed by atoms with Crippen molar-refractivity contribution in [1.29, 1.82) is 0 Å². The van der Waals surface area contributed by atoms with Gasteiger partial charge in [-0.3, -0.25) is 9.69 Å². The second kappa shape index (κ2) is 10.2. The third-order valence-electron chi connectivity index (χ3n) is 5.39. The van der Waals surface area contributed by atoms with E-state index in [9.17, 15) is 9.18 Å². The Kier molecular flexibility index (Phi) is 6.94. The predicted octanol–water partition coefficient (Wildman–Crippen LogP) is 3.46. The van der Waals surface area contributed by atoms with Crippen molar-refractivity contribution in [2.24, 2.45) is 0 Å². The number of halogens is 1. The van der Waals surface area contributed by atoms with Gasteiger partial charge in [-0.25, -0.2) is 9.07 Å². The van der Waals surface area contributed by atoms with Gasteiger partial charge in [-0.05, 0) is 74.3 Å². The number of ether oxygens (including phenoxy) is 1. The normalized spacial score (nSPS) is 14.0. The van der Waals surface area contributed by atoms with Crippen molar-refractivity contribution < 1.29 is 13.9 Å². The van der Waals surface area contributed by atoms with Gasteiger partial charge < -0.3 is 10.1 Å². The van der Waals surface area contributed by atoms with E-state index in [4.69, 9.17) is 4.74 Å². The predicted molar refractivity (Wildman–Crippen MR) is 117 cm³/mol. The molecule has 1 aliphatic rings. The Morgan fingerprint density at radius 2 is 1.90 bits per heavy atom. The second-order valence-corrected chi connectivity index (χ2v) is 7.67. The van der Waals surface area contributed by atoms with Crippen LogP contribution in [0.4, 0.5) is 4.39 Å². The zero-order chi connectivity index (χ0) is 21.5. The van der Waals surface area contributed by atoms with E-state index in [-0.39, 0.29) is 11.7 Å². The first kappa shape index (κ1) is 21.1. The van der Waals surface area contributed by atoms with Gasteiger partial charge in [-0.15, -0.1) is 0 Å². The largest absolute Gasteiger partial charge is 0.492 e. The van der Waals surface area contributed by atoms with E-state index in [1.807, 2.05) is 24.3 Å². The molecule has 31 heavy (non-hydrogen) atoms. The van der Waals surface area contributed by atoms with Gasteiger partial charge in [0.15, 0.2) is 5.69 Å². The molecule has 0 spiro atoms. The fourth-order valence-electron chi connectivity index (χ4n) is 3.67. The van der Waals surface area contributed by atoms with Gasteiger partial charge in [-0.2, -0.15) is 5.10 Å². The van der Waals surface area contributed by atoms with Crippen molar-refractivity contribution >= 4 is 5.91 Å². The molecule has 1 amide bonds. The summed E-state index contributed by atoms with van der Waals surface area (Å²) in [6, 6.07) is 15.7.